The molecular formula is C14H23N5O3. The van der Waals surface area contributed by atoms with Gasteiger partial charge in [-0.3, -0.25) is 9.59 Å². The fraction of sp³-hybridized carbons (Fsp3) is 0.571. The molecule has 0 saturated carbocycles. The first-order valence-electron chi connectivity index (χ1n) is 7.14. The molecule has 0 bridgehead atoms. The zero-order chi connectivity index (χ0) is 16.2. The minimum atomic E-state index is -0.175. The maximum atomic E-state index is 11.9. The molecule has 8 nitrogen and oxygen atoms in total. The van der Waals surface area contributed by atoms with Crippen LogP contribution in [0, 0.1) is 0 Å². The van der Waals surface area contributed by atoms with Crippen LogP contribution in [-0.4, -0.2) is 67.1 Å². The number of ether oxygens (including phenoxy) is 1. The molecular weight excluding hydrogens is 286 g/mol. The van der Waals surface area contributed by atoms with Crippen LogP contribution in [0.15, 0.2) is 18.5 Å². The number of rotatable bonds is 10. The molecule has 0 aliphatic heterocycles. The van der Waals surface area contributed by atoms with Gasteiger partial charge in [0, 0.05) is 52.7 Å². The van der Waals surface area contributed by atoms with Crippen LogP contribution in [0.4, 0.5) is 5.95 Å². The topological polar surface area (TPSA) is 96.5 Å². The predicted octanol–water partition coefficient (Wildman–Crippen LogP) is -0.110. The van der Waals surface area contributed by atoms with E-state index in [0.29, 0.717) is 25.6 Å². The predicted molar refractivity (Wildman–Crippen MR) is 82.3 cm³/mol. The Morgan fingerprint density at radius 1 is 1.27 bits per heavy atom. The number of nitrogens with one attached hydrogen (secondary N) is 2. The van der Waals surface area contributed by atoms with Crippen molar-refractivity contribution in [1.82, 2.24) is 20.2 Å². The van der Waals surface area contributed by atoms with Crippen molar-refractivity contribution in [3.05, 3.63) is 18.5 Å². The lowest BCUT2D eigenvalue weighted by molar-refractivity contribution is -0.134. The fourth-order valence-electron chi connectivity index (χ4n) is 1.67. The summed E-state index contributed by atoms with van der Waals surface area (Å²) in [6.07, 6.45) is 4.26. The van der Waals surface area contributed by atoms with E-state index in [9.17, 15) is 9.59 Å². The normalized spacial score (nSPS) is 10.1. The number of hydrogen-bond donors (Lipinski definition) is 2. The van der Waals surface area contributed by atoms with Crippen molar-refractivity contribution in [1.29, 1.82) is 0 Å². The van der Waals surface area contributed by atoms with E-state index < -0.39 is 0 Å². The molecule has 2 N–H and O–H groups in total. The monoisotopic (exact) mass is 309 g/mol. The number of likely N-dealkylation sites (N-methyl/N-ethyl adjacent to an activating group) is 1. The smallest absolute Gasteiger partial charge is 0.239 e. The number of carbonyl (C=O) groups is 2. The van der Waals surface area contributed by atoms with Gasteiger partial charge < -0.3 is 20.3 Å². The standard InChI is InChI=1S/C14H23N5O3/c1-19(11-12(20)15-8-4-10-22-2)13(21)5-9-18-14-16-6-3-7-17-14/h3,6-7H,4-5,8-11H2,1-2H3,(H,15,20)(H,16,17,18). The SMILES string of the molecule is COCCCNC(=O)CN(C)C(=O)CCNc1ncccn1. The third-order valence-corrected chi connectivity index (χ3v) is 2.84. The van der Waals surface area contributed by atoms with E-state index in [1.165, 1.54) is 4.90 Å². The van der Waals surface area contributed by atoms with E-state index in [2.05, 4.69) is 20.6 Å². The van der Waals surface area contributed by atoms with E-state index in [-0.39, 0.29) is 24.8 Å². The Morgan fingerprint density at radius 3 is 2.68 bits per heavy atom. The maximum Gasteiger partial charge on any atom is 0.239 e. The average molecular weight is 309 g/mol. The molecule has 0 aromatic carbocycles. The molecule has 0 aliphatic rings. The molecule has 1 heterocycles. The van der Waals surface area contributed by atoms with Gasteiger partial charge in [0.2, 0.25) is 17.8 Å². The van der Waals surface area contributed by atoms with Gasteiger partial charge in [0.1, 0.15) is 0 Å². The van der Waals surface area contributed by atoms with Crippen molar-refractivity contribution in [2.45, 2.75) is 12.8 Å². The van der Waals surface area contributed by atoms with Gasteiger partial charge in [-0.15, -0.1) is 0 Å². The quantitative estimate of drug-likeness (QED) is 0.585. The first kappa shape index (κ1) is 17.8. The van der Waals surface area contributed by atoms with Crippen molar-refractivity contribution in [3.8, 4) is 0 Å². The largest absolute Gasteiger partial charge is 0.385 e. The third kappa shape index (κ3) is 7.53. The zero-order valence-electron chi connectivity index (χ0n) is 13.0. The van der Waals surface area contributed by atoms with Crippen LogP contribution in [0.3, 0.4) is 0 Å². The molecule has 22 heavy (non-hydrogen) atoms. The second-order valence-corrected chi connectivity index (χ2v) is 4.70. The van der Waals surface area contributed by atoms with Crippen LogP contribution < -0.4 is 10.6 Å². The second-order valence-electron chi connectivity index (χ2n) is 4.70. The van der Waals surface area contributed by atoms with Crippen LogP contribution >= 0.6 is 0 Å². The van der Waals surface area contributed by atoms with Crippen LogP contribution in [0.25, 0.3) is 0 Å². The molecule has 122 valence electrons. The molecule has 0 atom stereocenters. The molecule has 0 aliphatic carbocycles. The Kier molecular flexibility index (Phi) is 8.51. The van der Waals surface area contributed by atoms with Crippen molar-refractivity contribution in [3.63, 3.8) is 0 Å². The van der Waals surface area contributed by atoms with Gasteiger partial charge in [0.15, 0.2) is 0 Å². The lowest BCUT2D eigenvalue weighted by Crippen LogP contribution is -2.39. The minimum Gasteiger partial charge on any atom is -0.385 e. The molecule has 1 rings (SSSR count). The number of amides is 2. The Morgan fingerprint density at radius 2 is 2.00 bits per heavy atom. The molecule has 0 radical (unpaired) electrons. The van der Waals surface area contributed by atoms with Crippen LogP contribution in [-0.2, 0) is 14.3 Å². The second kappa shape index (κ2) is 10.5. The molecule has 2 amide bonds. The van der Waals surface area contributed by atoms with E-state index in [1.807, 2.05) is 0 Å². The summed E-state index contributed by atoms with van der Waals surface area (Å²) in [7, 11) is 3.22. The summed E-state index contributed by atoms with van der Waals surface area (Å²) in [4.78, 5) is 32.9. The molecule has 0 unspecified atom stereocenters. The number of hydrogen-bond acceptors (Lipinski definition) is 6. The summed E-state index contributed by atoms with van der Waals surface area (Å²) in [6, 6.07) is 1.72. The Hall–Kier alpha value is -2.22. The van der Waals surface area contributed by atoms with E-state index >= 15 is 0 Å². The van der Waals surface area contributed by atoms with Gasteiger partial charge in [-0.1, -0.05) is 0 Å². The zero-order valence-corrected chi connectivity index (χ0v) is 13.0. The summed E-state index contributed by atoms with van der Waals surface area (Å²) in [6.45, 7) is 1.61. The van der Waals surface area contributed by atoms with Gasteiger partial charge in [-0.2, -0.15) is 0 Å². The number of nitrogens with zero attached hydrogens (tertiary/aromatic N) is 3. The minimum absolute atomic E-state index is 0.0493. The fourth-order valence-corrected chi connectivity index (χ4v) is 1.67. The van der Waals surface area contributed by atoms with Gasteiger partial charge in [0.05, 0.1) is 6.54 Å². The van der Waals surface area contributed by atoms with Crippen molar-refractivity contribution >= 4 is 17.8 Å². The van der Waals surface area contributed by atoms with Gasteiger partial charge in [-0.05, 0) is 12.5 Å². The van der Waals surface area contributed by atoms with Crippen LogP contribution in [0.2, 0.25) is 0 Å². The number of carbonyl (C=O) groups excluding carboxylic acids is 2. The molecule has 0 spiro atoms. The van der Waals surface area contributed by atoms with Crippen LogP contribution in [0.1, 0.15) is 12.8 Å². The Labute approximate surface area is 130 Å². The maximum absolute atomic E-state index is 11.9. The number of aromatic nitrogens is 2. The highest BCUT2D eigenvalue weighted by Gasteiger charge is 2.12. The first-order chi connectivity index (χ1) is 10.6. The summed E-state index contributed by atoms with van der Waals surface area (Å²) < 4.78 is 4.89. The van der Waals surface area contributed by atoms with Gasteiger partial charge in [-0.25, -0.2) is 9.97 Å². The van der Waals surface area contributed by atoms with E-state index in [0.717, 1.165) is 6.42 Å². The molecule has 0 saturated heterocycles. The summed E-state index contributed by atoms with van der Waals surface area (Å²) in [5.74, 6) is 0.190. The molecule has 8 heteroatoms. The summed E-state index contributed by atoms with van der Waals surface area (Å²) in [5, 5.41) is 5.68. The highest BCUT2D eigenvalue weighted by atomic mass is 16.5. The first-order valence-corrected chi connectivity index (χ1v) is 7.14. The van der Waals surface area contributed by atoms with Gasteiger partial charge >= 0.3 is 0 Å². The lowest BCUT2D eigenvalue weighted by atomic mass is 10.3. The van der Waals surface area contributed by atoms with E-state index in [4.69, 9.17) is 4.74 Å². The molecule has 1 aromatic heterocycles. The summed E-state index contributed by atoms with van der Waals surface area (Å²) in [5.41, 5.74) is 0. The van der Waals surface area contributed by atoms with E-state index in [1.54, 1.807) is 32.6 Å². The number of methoxy groups -OCH3 is 1. The molecule has 0 fully saturated rings. The van der Waals surface area contributed by atoms with Crippen molar-refractivity contribution in [2.75, 3.05) is 45.7 Å². The number of anilines is 1. The highest BCUT2D eigenvalue weighted by molar-refractivity contribution is 5.84. The summed E-state index contributed by atoms with van der Waals surface area (Å²) >= 11 is 0. The average Bonchev–Trinajstić information content (AvgIpc) is 2.52. The van der Waals surface area contributed by atoms with Crippen LogP contribution in [0.5, 0.6) is 0 Å². The third-order valence-electron chi connectivity index (χ3n) is 2.84. The Bertz CT molecular complexity index is 455. The van der Waals surface area contributed by atoms with Gasteiger partial charge in [0.25, 0.3) is 0 Å². The molecule has 1 aromatic rings. The lowest BCUT2D eigenvalue weighted by Gasteiger charge is -2.17. The van der Waals surface area contributed by atoms with Crippen molar-refractivity contribution in [2.24, 2.45) is 0 Å². The Balaban J connectivity index is 2.17. The highest BCUT2D eigenvalue weighted by Crippen LogP contribution is 1.96. The van der Waals surface area contributed by atoms with Crippen molar-refractivity contribution < 1.29 is 14.3 Å².